The third-order valence-electron chi connectivity index (χ3n) is 4.15. The Morgan fingerprint density at radius 3 is 2.32 bits per heavy atom. The summed E-state index contributed by atoms with van der Waals surface area (Å²) in [4.78, 5) is 24.5. The number of fused-ring (bicyclic) bond motifs is 1. The first kappa shape index (κ1) is 20.5. The molecule has 146 valence electrons. The molecule has 0 aliphatic carbocycles. The van der Waals surface area contributed by atoms with E-state index in [9.17, 15) is 9.59 Å². The standard InChI is InChI=1S/C20H16Cl2O5S/c1-10(23)11-4-6-14(25-2)12(8-11)9-27-20(24)19-16(21)13-5-7-15(26-3)17(22)18(13)28-19/h4-8H,9H2,1-3H3. The van der Waals surface area contributed by atoms with Gasteiger partial charge < -0.3 is 14.2 Å². The van der Waals surface area contributed by atoms with Crippen LogP contribution in [-0.4, -0.2) is 26.0 Å². The van der Waals surface area contributed by atoms with Crippen molar-refractivity contribution in [3.63, 3.8) is 0 Å². The number of rotatable bonds is 6. The van der Waals surface area contributed by atoms with E-state index in [1.54, 1.807) is 30.3 Å². The minimum Gasteiger partial charge on any atom is -0.496 e. The number of Topliss-reactive ketones (excluding diaryl/α,β-unsaturated/α-hetero) is 1. The van der Waals surface area contributed by atoms with Gasteiger partial charge in [-0.3, -0.25) is 4.79 Å². The lowest BCUT2D eigenvalue weighted by Gasteiger charge is -2.10. The van der Waals surface area contributed by atoms with Crippen LogP contribution in [-0.2, 0) is 11.3 Å². The number of esters is 1. The number of carbonyl (C=O) groups is 2. The molecule has 1 heterocycles. The molecule has 28 heavy (non-hydrogen) atoms. The quantitative estimate of drug-likeness (QED) is 0.360. The van der Waals surface area contributed by atoms with Crippen LogP contribution in [0.1, 0.15) is 32.5 Å². The van der Waals surface area contributed by atoms with Gasteiger partial charge in [-0.05, 0) is 37.3 Å². The van der Waals surface area contributed by atoms with Gasteiger partial charge in [-0.25, -0.2) is 4.79 Å². The molecule has 3 aromatic rings. The Morgan fingerprint density at radius 2 is 1.68 bits per heavy atom. The molecule has 0 atom stereocenters. The van der Waals surface area contributed by atoms with E-state index in [2.05, 4.69) is 0 Å². The summed E-state index contributed by atoms with van der Waals surface area (Å²) < 4.78 is 16.5. The first-order valence-electron chi connectivity index (χ1n) is 8.16. The number of ether oxygens (including phenoxy) is 3. The number of thiophene rings is 1. The number of halogens is 2. The van der Waals surface area contributed by atoms with E-state index >= 15 is 0 Å². The molecule has 0 fully saturated rings. The summed E-state index contributed by atoms with van der Waals surface area (Å²) in [5.74, 6) is 0.341. The predicted octanol–water partition coefficient (Wildman–Crippen LogP) is 5.78. The summed E-state index contributed by atoms with van der Waals surface area (Å²) >= 11 is 13.8. The highest BCUT2D eigenvalue weighted by Gasteiger charge is 2.22. The summed E-state index contributed by atoms with van der Waals surface area (Å²) in [6.45, 7) is 1.40. The fraction of sp³-hybridized carbons (Fsp3) is 0.200. The van der Waals surface area contributed by atoms with E-state index in [0.29, 0.717) is 37.7 Å². The summed E-state index contributed by atoms with van der Waals surface area (Å²) in [5, 5.41) is 1.32. The molecule has 0 unspecified atom stereocenters. The smallest absolute Gasteiger partial charge is 0.350 e. The second kappa shape index (κ2) is 8.39. The van der Waals surface area contributed by atoms with Crippen molar-refractivity contribution in [2.75, 3.05) is 14.2 Å². The fourth-order valence-electron chi connectivity index (χ4n) is 2.69. The van der Waals surface area contributed by atoms with Crippen molar-refractivity contribution < 1.29 is 23.8 Å². The van der Waals surface area contributed by atoms with Crippen LogP contribution in [0.2, 0.25) is 10.0 Å². The number of methoxy groups -OCH3 is 2. The SMILES string of the molecule is COc1ccc(C(C)=O)cc1COC(=O)c1sc2c(Cl)c(OC)ccc2c1Cl. The number of ketones is 1. The van der Waals surface area contributed by atoms with Crippen LogP contribution in [0.4, 0.5) is 0 Å². The first-order valence-corrected chi connectivity index (χ1v) is 9.74. The van der Waals surface area contributed by atoms with Crippen molar-refractivity contribution in [3.8, 4) is 11.5 Å². The van der Waals surface area contributed by atoms with Crippen molar-refractivity contribution in [2.45, 2.75) is 13.5 Å². The average Bonchev–Trinajstić information content (AvgIpc) is 3.03. The summed E-state index contributed by atoms with van der Waals surface area (Å²) in [7, 11) is 3.02. The van der Waals surface area contributed by atoms with Gasteiger partial charge >= 0.3 is 5.97 Å². The normalized spacial score (nSPS) is 10.8. The van der Waals surface area contributed by atoms with Gasteiger partial charge in [0.1, 0.15) is 28.0 Å². The highest BCUT2D eigenvalue weighted by molar-refractivity contribution is 7.22. The lowest BCUT2D eigenvalue weighted by atomic mass is 10.1. The monoisotopic (exact) mass is 438 g/mol. The van der Waals surface area contributed by atoms with Gasteiger partial charge in [0.25, 0.3) is 0 Å². The molecular formula is C20H16Cl2O5S. The zero-order valence-corrected chi connectivity index (χ0v) is 17.6. The molecule has 1 aromatic heterocycles. The maximum Gasteiger partial charge on any atom is 0.350 e. The Balaban J connectivity index is 1.88. The van der Waals surface area contributed by atoms with Gasteiger partial charge in [-0.2, -0.15) is 0 Å². The topological polar surface area (TPSA) is 61.8 Å². The Morgan fingerprint density at radius 1 is 1.00 bits per heavy atom. The van der Waals surface area contributed by atoms with Crippen molar-refractivity contribution in [2.24, 2.45) is 0 Å². The highest BCUT2D eigenvalue weighted by atomic mass is 35.5. The molecular weight excluding hydrogens is 423 g/mol. The average molecular weight is 439 g/mol. The van der Waals surface area contributed by atoms with Gasteiger partial charge in [-0.15, -0.1) is 11.3 Å². The zero-order chi connectivity index (χ0) is 20.4. The number of benzene rings is 2. The second-order valence-electron chi connectivity index (χ2n) is 5.86. The molecule has 0 aliphatic heterocycles. The molecule has 0 radical (unpaired) electrons. The third kappa shape index (κ3) is 3.81. The fourth-order valence-corrected chi connectivity index (χ4v) is 4.47. The Bertz CT molecular complexity index is 1070. The molecule has 0 saturated heterocycles. The van der Waals surface area contributed by atoms with Crippen LogP contribution in [0, 0.1) is 0 Å². The molecule has 5 nitrogen and oxygen atoms in total. The van der Waals surface area contributed by atoms with Crippen LogP contribution in [0.15, 0.2) is 30.3 Å². The Kier molecular flexibility index (Phi) is 6.13. The van der Waals surface area contributed by atoms with Gasteiger partial charge in [-0.1, -0.05) is 23.2 Å². The van der Waals surface area contributed by atoms with Crippen molar-refractivity contribution in [1.82, 2.24) is 0 Å². The van der Waals surface area contributed by atoms with Crippen LogP contribution < -0.4 is 9.47 Å². The molecule has 3 rings (SSSR count). The molecule has 0 aliphatic rings. The number of hydrogen-bond donors (Lipinski definition) is 0. The summed E-state index contributed by atoms with van der Waals surface area (Å²) in [5.41, 5.74) is 1.09. The second-order valence-corrected chi connectivity index (χ2v) is 7.64. The maximum absolute atomic E-state index is 12.6. The molecule has 0 bridgehead atoms. The summed E-state index contributed by atoms with van der Waals surface area (Å²) in [6, 6.07) is 8.40. The van der Waals surface area contributed by atoms with Gasteiger partial charge in [0, 0.05) is 16.5 Å². The minimum atomic E-state index is -0.587. The largest absolute Gasteiger partial charge is 0.496 e. The van der Waals surface area contributed by atoms with Crippen molar-refractivity contribution in [3.05, 3.63) is 56.4 Å². The molecule has 0 saturated carbocycles. The number of carbonyl (C=O) groups excluding carboxylic acids is 2. The van der Waals surface area contributed by atoms with Gasteiger partial charge in [0.2, 0.25) is 0 Å². The lowest BCUT2D eigenvalue weighted by molar-refractivity contribution is 0.0476. The molecule has 8 heteroatoms. The summed E-state index contributed by atoms with van der Waals surface area (Å²) in [6.07, 6.45) is 0. The Labute approximate surface area is 175 Å². The zero-order valence-electron chi connectivity index (χ0n) is 15.3. The number of hydrogen-bond acceptors (Lipinski definition) is 6. The predicted molar refractivity (Wildman–Crippen MR) is 111 cm³/mol. The molecule has 0 amide bonds. The van der Waals surface area contributed by atoms with E-state index in [1.807, 2.05) is 0 Å². The first-order chi connectivity index (χ1) is 13.4. The minimum absolute atomic E-state index is 0.0647. The van der Waals surface area contributed by atoms with E-state index in [4.69, 9.17) is 37.4 Å². The van der Waals surface area contributed by atoms with Crippen LogP contribution >= 0.6 is 34.5 Å². The van der Waals surface area contributed by atoms with Crippen LogP contribution in [0.5, 0.6) is 11.5 Å². The van der Waals surface area contributed by atoms with Crippen molar-refractivity contribution in [1.29, 1.82) is 0 Å². The van der Waals surface area contributed by atoms with E-state index in [1.165, 1.54) is 21.1 Å². The molecule has 0 N–H and O–H groups in total. The highest BCUT2D eigenvalue weighted by Crippen LogP contribution is 2.43. The van der Waals surface area contributed by atoms with E-state index < -0.39 is 5.97 Å². The lowest BCUT2D eigenvalue weighted by Crippen LogP contribution is -2.06. The molecule has 2 aromatic carbocycles. The van der Waals surface area contributed by atoms with E-state index in [0.717, 1.165) is 11.3 Å². The van der Waals surface area contributed by atoms with E-state index in [-0.39, 0.29) is 22.3 Å². The maximum atomic E-state index is 12.6. The third-order valence-corrected chi connectivity index (χ3v) is 6.35. The van der Waals surface area contributed by atoms with Gasteiger partial charge in [0.05, 0.1) is 23.9 Å². The van der Waals surface area contributed by atoms with Crippen LogP contribution in [0.25, 0.3) is 10.1 Å². The van der Waals surface area contributed by atoms with Crippen LogP contribution in [0.3, 0.4) is 0 Å². The van der Waals surface area contributed by atoms with Crippen molar-refractivity contribution >= 4 is 56.4 Å². The molecule has 0 spiro atoms. The van der Waals surface area contributed by atoms with Gasteiger partial charge in [0.15, 0.2) is 5.78 Å². The Hall–Kier alpha value is -2.28.